The molecular weight excluding hydrogens is 458 g/mol. The molecule has 1 saturated carbocycles. The maximum Gasteiger partial charge on any atom is 0.200 e. The molecule has 2 aliphatic heterocycles. The molecule has 1 aromatic carbocycles. The second kappa shape index (κ2) is 8.32. The molecule has 1 spiro atoms. The second-order valence-electron chi connectivity index (χ2n) is 11.4. The van der Waals surface area contributed by atoms with Crippen LogP contribution in [-0.4, -0.2) is 65.1 Å². The van der Waals surface area contributed by atoms with E-state index in [4.69, 9.17) is 9.47 Å². The van der Waals surface area contributed by atoms with Crippen LogP contribution in [0, 0.1) is 17.8 Å². The first-order valence-electron chi connectivity index (χ1n) is 12.6. The van der Waals surface area contributed by atoms with Gasteiger partial charge in [-0.15, -0.1) is 0 Å². The summed E-state index contributed by atoms with van der Waals surface area (Å²) in [7, 11) is 3.93. The molecule has 1 unspecified atom stereocenters. The molecule has 3 aliphatic carbocycles. The Morgan fingerprint density at radius 2 is 1.83 bits per heavy atom. The van der Waals surface area contributed by atoms with Gasteiger partial charge in [-0.2, -0.15) is 0 Å². The number of rotatable bonds is 6. The number of Topliss-reactive ketones (excluding diaryl/α,β-unsaturated/α-hetero) is 2. The zero-order valence-corrected chi connectivity index (χ0v) is 21.8. The SMILES string of the molecule is CC(C)=CCc1c(O)cc2c(c1O)C(=O)C1=C[C@H]3C(=O)C4(CC=C(C)C)OC[C@H]([C@H]3CN(C)C)[C@]14O2. The number of carbonyl (C=O) groups excluding carboxylic acids is 2. The molecule has 2 N–H and O–H groups in total. The third kappa shape index (κ3) is 3.18. The number of carbonyl (C=O) groups is 2. The normalized spacial score (nSPS) is 31.5. The molecule has 192 valence electrons. The molecule has 0 amide bonds. The van der Waals surface area contributed by atoms with E-state index in [9.17, 15) is 19.8 Å². The van der Waals surface area contributed by atoms with Crippen LogP contribution in [0.4, 0.5) is 0 Å². The lowest BCUT2D eigenvalue weighted by atomic mass is 9.49. The highest BCUT2D eigenvalue weighted by molar-refractivity contribution is 6.18. The van der Waals surface area contributed by atoms with Gasteiger partial charge < -0.3 is 24.6 Å². The van der Waals surface area contributed by atoms with E-state index in [0.29, 0.717) is 25.1 Å². The highest BCUT2D eigenvalue weighted by Gasteiger charge is 2.79. The lowest BCUT2D eigenvalue weighted by Crippen LogP contribution is -2.74. The van der Waals surface area contributed by atoms with Crippen molar-refractivity contribution in [2.45, 2.75) is 51.7 Å². The molecule has 1 saturated heterocycles. The van der Waals surface area contributed by atoms with Crippen LogP contribution in [0.3, 0.4) is 0 Å². The quantitative estimate of drug-likeness (QED) is 0.579. The number of hydrogen-bond acceptors (Lipinski definition) is 7. The number of nitrogens with zero attached hydrogens (tertiary/aromatic N) is 1. The number of phenolic OH excluding ortho intramolecular Hbond substituents is 2. The minimum Gasteiger partial charge on any atom is -0.507 e. The summed E-state index contributed by atoms with van der Waals surface area (Å²) in [4.78, 5) is 30.2. The summed E-state index contributed by atoms with van der Waals surface area (Å²) in [6, 6.07) is 1.41. The highest BCUT2D eigenvalue weighted by atomic mass is 16.6. The van der Waals surface area contributed by atoms with Gasteiger partial charge in [-0.25, -0.2) is 0 Å². The van der Waals surface area contributed by atoms with Gasteiger partial charge >= 0.3 is 0 Å². The van der Waals surface area contributed by atoms with Gasteiger partial charge in [-0.3, -0.25) is 9.59 Å². The van der Waals surface area contributed by atoms with Crippen molar-refractivity contribution in [3.8, 4) is 17.2 Å². The van der Waals surface area contributed by atoms with E-state index >= 15 is 0 Å². The minimum atomic E-state index is -1.33. The summed E-state index contributed by atoms with van der Waals surface area (Å²) < 4.78 is 13.1. The molecule has 7 heteroatoms. The van der Waals surface area contributed by atoms with E-state index in [0.717, 1.165) is 11.1 Å². The summed E-state index contributed by atoms with van der Waals surface area (Å²) in [6.45, 7) is 8.73. The van der Waals surface area contributed by atoms with Crippen molar-refractivity contribution in [2.75, 3.05) is 27.2 Å². The van der Waals surface area contributed by atoms with E-state index in [1.165, 1.54) is 6.07 Å². The predicted molar refractivity (Wildman–Crippen MR) is 135 cm³/mol. The third-order valence-electron chi connectivity index (χ3n) is 8.23. The average molecular weight is 494 g/mol. The fourth-order valence-corrected chi connectivity index (χ4v) is 6.64. The largest absolute Gasteiger partial charge is 0.507 e. The maximum atomic E-state index is 14.1. The first-order valence-corrected chi connectivity index (χ1v) is 12.6. The summed E-state index contributed by atoms with van der Waals surface area (Å²) >= 11 is 0. The Morgan fingerprint density at radius 1 is 1.14 bits per heavy atom. The van der Waals surface area contributed by atoms with E-state index < -0.39 is 17.1 Å². The highest BCUT2D eigenvalue weighted by Crippen LogP contribution is 2.65. The summed E-state index contributed by atoms with van der Waals surface area (Å²) in [5, 5.41) is 21.9. The molecular formula is C29H35NO6. The molecule has 5 atom stereocenters. The van der Waals surface area contributed by atoms with E-state index in [-0.39, 0.29) is 58.2 Å². The van der Waals surface area contributed by atoms with Gasteiger partial charge in [0, 0.05) is 42.0 Å². The first-order chi connectivity index (χ1) is 16.9. The van der Waals surface area contributed by atoms with Gasteiger partial charge in [0.1, 0.15) is 22.8 Å². The van der Waals surface area contributed by atoms with Crippen LogP contribution in [0.5, 0.6) is 17.2 Å². The molecule has 0 aromatic heterocycles. The number of ketones is 2. The number of fused-ring (bicyclic) bond motifs is 1. The molecule has 2 heterocycles. The van der Waals surface area contributed by atoms with Gasteiger partial charge in [0.2, 0.25) is 0 Å². The second-order valence-corrected chi connectivity index (χ2v) is 11.4. The first kappa shape index (κ1) is 24.8. The van der Waals surface area contributed by atoms with Crippen molar-refractivity contribution >= 4 is 11.6 Å². The van der Waals surface area contributed by atoms with Crippen LogP contribution in [0.1, 0.15) is 50.0 Å². The number of ether oxygens (including phenoxy) is 2. The third-order valence-corrected chi connectivity index (χ3v) is 8.23. The van der Waals surface area contributed by atoms with Crippen LogP contribution in [0.2, 0.25) is 0 Å². The van der Waals surface area contributed by atoms with Crippen LogP contribution < -0.4 is 4.74 Å². The van der Waals surface area contributed by atoms with Crippen LogP contribution >= 0.6 is 0 Å². The van der Waals surface area contributed by atoms with Crippen molar-refractivity contribution < 1.29 is 29.3 Å². The fraction of sp³-hybridized carbons (Fsp3) is 0.517. The van der Waals surface area contributed by atoms with Gasteiger partial charge in [0.15, 0.2) is 22.8 Å². The van der Waals surface area contributed by atoms with Crippen LogP contribution in [0.25, 0.3) is 0 Å². The van der Waals surface area contributed by atoms with Crippen molar-refractivity contribution in [3.63, 3.8) is 0 Å². The van der Waals surface area contributed by atoms with Gasteiger partial charge in [0.05, 0.1) is 6.61 Å². The molecule has 7 nitrogen and oxygen atoms in total. The van der Waals surface area contributed by atoms with E-state index in [1.54, 1.807) is 6.08 Å². The average Bonchev–Trinajstić information content (AvgIpc) is 3.06. The summed E-state index contributed by atoms with van der Waals surface area (Å²) in [5.74, 6) is -1.51. The number of allylic oxidation sites excluding steroid dienone is 4. The van der Waals surface area contributed by atoms with Crippen molar-refractivity contribution in [3.05, 3.63) is 52.1 Å². The molecule has 0 radical (unpaired) electrons. The Labute approximate surface area is 212 Å². The number of phenols is 2. The summed E-state index contributed by atoms with van der Waals surface area (Å²) in [5.41, 5.74) is 0.155. The van der Waals surface area contributed by atoms with Crippen LogP contribution in [0.15, 0.2) is 41.0 Å². The van der Waals surface area contributed by atoms with Crippen LogP contribution in [-0.2, 0) is 16.0 Å². The Hall–Kier alpha value is -2.90. The Bertz CT molecular complexity index is 1250. The molecule has 5 aliphatic rings. The number of aromatic hydroxyl groups is 2. The minimum absolute atomic E-state index is 0.0442. The molecule has 6 rings (SSSR count). The molecule has 36 heavy (non-hydrogen) atoms. The standard InChI is InChI=1S/C29H35NO6/c1-15(2)7-8-17-22(31)12-23-24(25(17)32)26(33)20-11-18-19(13-30(5)6)21-14-35-28(27(18)34,10-9-16(3)4)29(20,21)36-23/h7,9,11-12,18-19,21,31-32H,8,10,13-14H2,1-6H3/t18-,19+,21-,28?,29-/m1/s1. The Kier molecular flexibility index (Phi) is 5.72. The van der Waals surface area contributed by atoms with Crippen molar-refractivity contribution in [1.29, 1.82) is 0 Å². The summed E-state index contributed by atoms with van der Waals surface area (Å²) in [6.07, 6.45) is 6.20. The molecule has 4 bridgehead atoms. The van der Waals surface area contributed by atoms with Gasteiger partial charge in [-0.05, 0) is 54.1 Å². The number of hydrogen-bond donors (Lipinski definition) is 2. The van der Waals surface area contributed by atoms with E-state index in [1.807, 2.05) is 58.8 Å². The molecule has 1 aromatic rings. The predicted octanol–water partition coefficient (Wildman–Crippen LogP) is 3.98. The molecule has 2 fully saturated rings. The van der Waals surface area contributed by atoms with Crippen molar-refractivity contribution in [1.82, 2.24) is 4.90 Å². The smallest absolute Gasteiger partial charge is 0.200 e. The van der Waals surface area contributed by atoms with E-state index in [2.05, 4.69) is 0 Å². The zero-order valence-electron chi connectivity index (χ0n) is 21.8. The Balaban J connectivity index is 1.73. The fourth-order valence-electron chi connectivity index (χ4n) is 6.64. The van der Waals surface area contributed by atoms with Gasteiger partial charge in [-0.1, -0.05) is 29.4 Å². The van der Waals surface area contributed by atoms with Gasteiger partial charge in [0.25, 0.3) is 0 Å². The maximum absolute atomic E-state index is 14.1. The monoisotopic (exact) mass is 493 g/mol. The number of benzene rings is 1. The van der Waals surface area contributed by atoms with Crippen molar-refractivity contribution in [2.24, 2.45) is 17.8 Å². The zero-order chi connectivity index (χ0) is 26.2. The topological polar surface area (TPSA) is 96.3 Å². The lowest BCUT2D eigenvalue weighted by Gasteiger charge is -2.58. The Morgan fingerprint density at radius 3 is 2.47 bits per heavy atom. The lowest BCUT2D eigenvalue weighted by molar-refractivity contribution is -0.170.